The Balaban J connectivity index is 2.34. The van der Waals surface area contributed by atoms with Crippen molar-refractivity contribution in [1.29, 1.82) is 0 Å². The Morgan fingerprint density at radius 1 is 1.00 bits per heavy atom. The average molecular weight is 504 g/mol. The summed E-state index contributed by atoms with van der Waals surface area (Å²) in [5.41, 5.74) is 6.88. The first-order chi connectivity index (χ1) is 17.2. The van der Waals surface area contributed by atoms with Crippen LogP contribution >= 0.6 is 0 Å². The van der Waals surface area contributed by atoms with Crippen molar-refractivity contribution in [1.82, 2.24) is 0 Å². The minimum Gasteiger partial charge on any atom is -0.494 e. The number of anilines is 1. The number of hydrogen-bond acceptors (Lipinski definition) is 7. The number of hydrogen-bond donors (Lipinski definition) is 2. The van der Waals surface area contributed by atoms with Crippen LogP contribution in [0.5, 0.6) is 11.5 Å². The Morgan fingerprint density at radius 2 is 1.67 bits per heavy atom. The molecule has 2 rings (SSSR count). The van der Waals surface area contributed by atoms with Crippen LogP contribution in [-0.2, 0) is 14.3 Å². The SMILES string of the molecule is CCOC(=O)C(Nc1ccc(C(N)=NC(=O)OCC(C)C)cc1)c1cc(OCC)cc(OCC)c1F. The van der Waals surface area contributed by atoms with Crippen LogP contribution in [0.2, 0.25) is 0 Å². The monoisotopic (exact) mass is 503 g/mol. The summed E-state index contributed by atoms with van der Waals surface area (Å²) in [7, 11) is 0. The smallest absolute Gasteiger partial charge is 0.435 e. The van der Waals surface area contributed by atoms with Crippen molar-refractivity contribution in [2.24, 2.45) is 16.6 Å². The average Bonchev–Trinajstić information content (AvgIpc) is 2.84. The summed E-state index contributed by atoms with van der Waals surface area (Å²) in [6.45, 7) is 9.94. The van der Waals surface area contributed by atoms with Crippen molar-refractivity contribution < 1.29 is 32.9 Å². The van der Waals surface area contributed by atoms with Crippen LogP contribution in [0.3, 0.4) is 0 Å². The molecule has 3 N–H and O–H groups in total. The number of nitrogens with zero attached hydrogens (tertiary/aromatic N) is 1. The molecule has 0 aliphatic rings. The standard InChI is InChI=1S/C26H34FN3O6/c1-6-33-19-13-20(22(27)21(14-19)34-7-2)23(25(31)35-8-3)29-18-11-9-17(10-12-18)24(28)30-26(32)36-15-16(4)5/h9-14,16,23,29H,6-8,15H2,1-5H3,(H2,28,30,32). The van der Waals surface area contributed by atoms with Gasteiger partial charge < -0.3 is 30.0 Å². The van der Waals surface area contributed by atoms with E-state index < -0.39 is 23.9 Å². The molecule has 1 atom stereocenters. The van der Waals surface area contributed by atoms with Gasteiger partial charge in [-0.25, -0.2) is 14.0 Å². The molecule has 0 heterocycles. The summed E-state index contributed by atoms with van der Waals surface area (Å²) in [5, 5.41) is 3.00. The molecule has 0 aliphatic heterocycles. The lowest BCUT2D eigenvalue weighted by Crippen LogP contribution is -2.25. The van der Waals surface area contributed by atoms with Gasteiger partial charge in [0.05, 0.1) is 26.4 Å². The molecule has 0 aromatic heterocycles. The molecule has 0 saturated carbocycles. The Bertz CT molecular complexity index is 1060. The number of benzene rings is 2. The molecule has 0 bridgehead atoms. The summed E-state index contributed by atoms with van der Waals surface area (Å²) in [4.78, 5) is 28.4. The summed E-state index contributed by atoms with van der Waals surface area (Å²) < 4.78 is 36.5. The molecule has 10 heteroatoms. The molecule has 0 saturated heterocycles. The number of amidine groups is 1. The van der Waals surface area contributed by atoms with E-state index in [0.29, 0.717) is 23.6 Å². The van der Waals surface area contributed by atoms with Gasteiger partial charge in [0.1, 0.15) is 11.6 Å². The molecule has 2 aromatic rings. The fourth-order valence-corrected chi connectivity index (χ4v) is 3.14. The zero-order valence-electron chi connectivity index (χ0n) is 21.3. The molecule has 0 aliphatic carbocycles. The molecule has 1 amide bonds. The van der Waals surface area contributed by atoms with Gasteiger partial charge in [-0.05, 0) is 57.0 Å². The van der Waals surface area contributed by atoms with E-state index in [1.165, 1.54) is 12.1 Å². The van der Waals surface area contributed by atoms with Crippen LogP contribution in [-0.4, -0.2) is 44.3 Å². The number of rotatable bonds is 12. The number of halogens is 1. The number of carbonyl (C=O) groups excluding carboxylic acids is 2. The third-order valence-corrected chi connectivity index (χ3v) is 4.73. The fourth-order valence-electron chi connectivity index (χ4n) is 3.14. The molecule has 0 radical (unpaired) electrons. The molecule has 1 unspecified atom stereocenters. The van der Waals surface area contributed by atoms with Crippen LogP contribution in [0.4, 0.5) is 14.9 Å². The van der Waals surface area contributed by atoms with Gasteiger partial charge in [-0.15, -0.1) is 0 Å². The van der Waals surface area contributed by atoms with Gasteiger partial charge >= 0.3 is 12.1 Å². The molecular formula is C26H34FN3O6. The third-order valence-electron chi connectivity index (χ3n) is 4.73. The van der Waals surface area contributed by atoms with Gasteiger partial charge in [0.2, 0.25) is 0 Å². The van der Waals surface area contributed by atoms with Crippen molar-refractivity contribution in [3.63, 3.8) is 0 Å². The molecule has 2 aromatic carbocycles. The molecule has 196 valence electrons. The normalized spacial score (nSPS) is 12.1. The first kappa shape index (κ1) is 28.4. The predicted octanol–water partition coefficient (Wildman–Crippen LogP) is 4.84. The van der Waals surface area contributed by atoms with E-state index >= 15 is 4.39 Å². The zero-order valence-corrected chi connectivity index (χ0v) is 21.3. The lowest BCUT2D eigenvalue weighted by Gasteiger charge is -2.21. The maximum Gasteiger partial charge on any atom is 0.435 e. The Kier molecular flexibility index (Phi) is 11.0. The Hall–Kier alpha value is -3.82. The van der Waals surface area contributed by atoms with Crippen molar-refractivity contribution in [3.8, 4) is 11.5 Å². The van der Waals surface area contributed by atoms with E-state index in [9.17, 15) is 9.59 Å². The van der Waals surface area contributed by atoms with Crippen LogP contribution < -0.4 is 20.5 Å². The molecule has 9 nitrogen and oxygen atoms in total. The minimum absolute atomic E-state index is 0.0147. The van der Waals surface area contributed by atoms with Crippen molar-refractivity contribution in [2.75, 3.05) is 31.7 Å². The van der Waals surface area contributed by atoms with Crippen molar-refractivity contribution in [3.05, 3.63) is 53.3 Å². The second-order valence-corrected chi connectivity index (χ2v) is 8.07. The molecule has 0 fully saturated rings. The maximum atomic E-state index is 15.3. The van der Waals surface area contributed by atoms with Gasteiger partial charge in [0, 0.05) is 22.9 Å². The number of ether oxygens (including phenoxy) is 4. The largest absolute Gasteiger partial charge is 0.494 e. The maximum absolute atomic E-state index is 15.3. The van der Waals surface area contributed by atoms with Gasteiger partial charge in [-0.3, -0.25) is 0 Å². The molecule has 36 heavy (non-hydrogen) atoms. The van der Waals surface area contributed by atoms with E-state index in [-0.39, 0.29) is 42.9 Å². The summed E-state index contributed by atoms with van der Waals surface area (Å²) in [6, 6.07) is 8.16. The van der Waals surface area contributed by atoms with Crippen LogP contribution in [0.25, 0.3) is 0 Å². The first-order valence-electron chi connectivity index (χ1n) is 11.8. The Morgan fingerprint density at radius 3 is 2.25 bits per heavy atom. The summed E-state index contributed by atoms with van der Waals surface area (Å²) >= 11 is 0. The second-order valence-electron chi connectivity index (χ2n) is 8.07. The quantitative estimate of drug-likeness (QED) is 0.240. The highest BCUT2D eigenvalue weighted by Gasteiger charge is 2.28. The van der Waals surface area contributed by atoms with E-state index in [0.717, 1.165) is 0 Å². The van der Waals surface area contributed by atoms with Crippen molar-refractivity contribution in [2.45, 2.75) is 40.7 Å². The number of amides is 1. The summed E-state index contributed by atoms with van der Waals surface area (Å²) in [5.74, 6) is -0.888. The predicted molar refractivity (Wildman–Crippen MR) is 135 cm³/mol. The number of esters is 1. The second kappa shape index (κ2) is 13.9. The van der Waals surface area contributed by atoms with Gasteiger partial charge in [0.25, 0.3) is 0 Å². The van der Waals surface area contributed by atoms with E-state index in [2.05, 4.69) is 10.3 Å². The van der Waals surface area contributed by atoms with Crippen molar-refractivity contribution >= 4 is 23.6 Å². The van der Waals surface area contributed by atoms with Gasteiger partial charge in [-0.1, -0.05) is 13.8 Å². The molecular weight excluding hydrogens is 469 g/mol. The topological polar surface area (TPSA) is 121 Å². The number of nitrogens with two attached hydrogens (primary N) is 1. The van der Waals surface area contributed by atoms with Gasteiger partial charge in [-0.2, -0.15) is 4.99 Å². The lowest BCUT2D eigenvalue weighted by molar-refractivity contribution is -0.144. The van der Waals surface area contributed by atoms with Crippen LogP contribution in [0, 0.1) is 11.7 Å². The highest BCUT2D eigenvalue weighted by atomic mass is 19.1. The zero-order chi connectivity index (χ0) is 26.7. The highest BCUT2D eigenvalue weighted by molar-refractivity contribution is 6.03. The third kappa shape index (κ3) is 8.14. The highest BCUT2D eigenvalue weighted by Crippen LogP contribution is 2.33. The first-order valence-corrected chi connectivity index (χ1v) is 11.8. The van der Waals surface area contributed by atoms with Crippen LogP contribution in [0.1, 0.15) is 51.8 Å². The number of nitrogens with one attached hydrogen (secondary N) is 1. The Labute approximate surface area is 210 Å². The van der Waals surface area contributed by atoms with Gasteiger partial charge in [0.15, 0.2) is 17.6 Å². The van der Waals surface area contributed by atoms with Crippen LogP contribution in [0.15, 0.2) is 41.4 Å². The lowest BCUT2D eigenvalue weighted by atomic mass is 10.0. The summed E-state index contributed by atoms with van der Waals surface area (Å²) in [6.07, 6.45) is -0.777. The number of aliphatic imine (C=N–C) groups is 1. The van der Waals surface area contributed by atoms with E-state index in [1.54, 1.807) is 45.0 Å². The van der Waals surface area contributed by atoms with E-state index in [1.807, 2.05) is 13.8 Å². The molecule has 0 spiro atoms. The minimum atomic E-state index is -1.19. The van der Waals surface area contributed by atoms with E-state index in [4.69, 9.17) is 24.7 Å². The number of carbonyl (C=O) groups is 2. The fraction of sp³-hybridized carbons (Fsp3) is 0.423.